The molecular formula is C11H11BrN2O2. The molecule has 5 heteroatoms. The lowest BCUT2D eigenvalue weighted by Crippen LogP contribution is -2.08. The first-order valence-electron chi connectivity index (χ1n) is 4.91. The number of ketones is 1. The molecule has 2 rings (SSSR count). The standard InChI is InChI=1S/C11H11BrN2O2/c1-14-11(9(12)7-13-14)10(15)5-4-8-3-2-6-16-8/h2-3,6-7H,4-5H2,1H3. The summed E-state index contributed by atoms with van der Waals surface area (Å²) in [6.07, 6.45) is 4.27. The number of aryl methyl sites for hydroxylation is 2. The van der Waals surface area contributed by atoms with Crippen LogP contribution in [0.1, 0.15) is 22.7 Å². The molecule has 2 heterocycles. The normalized spacial score (nSPS) is 10.6. The molecule has 0 spiro atoms. The Morgan fingerprint density at radius 3 is 3.00 bits per heavy atom. The van der Waals surface area contributed by atoms with Gasteiger partial charge in [-0.25, -0.2) is 0 Å². The van der Waals surface area contributed by atoms with Crippen LogP contribution in [-0.4, -0.2) is 15.6 Å². The largest absolute Gasteiger partial charge is 0.469 e. The molecular weight excluding hydrogens is 272 g/mol. The van der Waals surface area contributed by atoms with E-state index in [1.165, 1.54) is 0 Å². The number of furan rings is 1. The number of carbonyl (C=O) groups is 1. The van der Waals surface area contributed by atoms with E-state index in [0.29, 0.717) is 18.5 Å². The molecule has 4 nitrogen and oxygen atoms in total. The highest BCUT2D eigenvalue weighted by Crippen LogP contribution is 2.17. The van der Waals surface area contributed by atoms with Crippen molar-refractivity contribution in [2.75, 3.05) is 0 Å². The summed E-state index contributed by atoms with van der Waals surface area (Å²) in [6, 6.07) is 3.69. The van der Waals surface area contributed by atoms with Crippen molar-refractivity contribution in [2.45, 2.75) is 12.8 Å². The number of hydrogen-bond donors (Lipinski definition) is 0. The van der Waals surface area contributed by atoms with E-state index < -0.39 is 0 Å². The average molecular weight is 283 g/mol. The lowest BCUT2D eigenvalue weighted by Gasteiger charge is -2.01. The third kappa shape index (κ3) is 2.24. The predicted molar refractivity (Wildman–Crippen MR) is 62.3 cm³/mol. The van der Waals surface area contributed by atoms with E-state index >= 15 is 0 Å². The van der Waals surface area contributed by atoms with Gasteiger partial charge in [-0.05, 0) is 28.1 Å². The zero-order valence-electron chi connectivity index (χ0n) is 8.81. The third-order valence-corrected chi connectivity index (χ3v) is 2.92. The molecule has 0 aliphatic heterocycles. The molecule has 0 aliphatic rings. The topological polar surface area (TPSA) is 48.0 Å². The number of aromatic nitrogens is 2. The van der Waals surface area contributed by atoms with E-state index in [-0.39, 0.29) is 5.78 Å². The van der Waals surface area contributed by atoms with Crippen molar-refractivity contribution in [3.05, 3.63) is 40.5 Å². The fourth-order valence-electron chi connectivity index (χ4n) is 1.53. The van der Waals surface area contributed by atoms with Gasteiger partial charge in [0.2, 0.25) is 0 Å². The molecule has 16 heavy (non-hydrogen) atoms. The van der Waals surface area contributed by atoms with Gasteiger partial charge in [-0.15, -0.1) is 0 Å². The van der Waals surface area contributed by atoms with Gasteiger partial charge in [-0.1, -0.05) is 0 Å². The molecule has 0 unspecified atom stereocenters. The van der Waals surface area contributed by atoms with Crippen LogP contribution in [0.4, 0.5) is 0 Å². The van der Waals surface area contributed by atoms with E-state index in [0.717, 1.165) is 10.2 Å². The summed E-state index contributed by atoms with van der Waals surface area (Å²) in [5.74, 6) is 0.884. The summed E-state index contributed by atoms with van der Waals surface area (Å²) in [5, 5.41) is 4.01. The number of hydrogen-bond acceptors (Lipinski definition) is 3. The predicted octanol–water partition coefficient (Wildman–Crippen LogP) is 2.59. The highest BCUT2D eigenvalue weighted by atomic mass is 79.9. The Balaban J connectivity index is 2.04. The second kappa shape index (κ2) is 4.65. The summed E-state index contributed by atoms with van der Waals surface area (Å²) in [4.78, 5) is 11.9. The Hall–Kier alpha value is -1.36. The zero-order valence-corrected chi connectivity index (χ0v) is 10.4. The van der Waals surface area contributed by atoms with Crippen molar-refractivity contribution in [3.63, 3.8) is 0 Å². The van der Waals surface area contributed by atoms with Gasteiger partial charge in [-0.3, -0.25) is 9.48 Å². The zero-order chi connectivity index (χ0) is 11.5. The van der Waals surface area contributed by atoms with Crippen LogP contribution >= 0.6 is 15.9 Å². The molecule has 0 saturated heterocycles. The number of carbonyl (C=O) groups excluding carboxylic acids is 1. The molecule has 0 radical (unpaired) electrons. The van der Waals surface area contributed by atoms with Crippen molar-refractivity contribution in [1.29, 1.82) is 0 Å². The first kappa shape index (κ1) is 11.1. The van der Waals surface area contributed by atoms with E-state index in [1.807, 2.05) is 12.1 Å². The van der Waals surface area contributed by atoms with Gasteiger partial charge in [0.25, 0.3) is 0 Å². The van der Waals surface area contributed by atoms with Crippen LogP contribution in [-0.2, 0) is 13.5 Å². The molecule has 0 aromatic carbocycles. The smallest absolute Gasteiger partial charge is 0.182 e. The van der Waals surface area contributed by atoms with Crippen LogP contribution in [0, 0.1) is 0 Å². The molecule has 0 amide bonds. The Bertz CT molecular complexity index is 469. The second-order valence-corrected chi connectivity index (χ2v) is 4.32. The monoisotopic (exact) mass is 282 g/mol. The van der Waals surface area contributed by atoms with Gasteiger partial charge >= 0.3 is 0 Å². The molecule has 0 fully saturated rings. The lowest BCUT2D eigenvalue weighted by atomic mass is 10.1. The van der Waals surface area contributed by atoms with Gasteiger partial charge in [0, 0.05) is 19.9 Å². The maximum absolute atomic E-state index is 11.9. The van der Waals surface area contributed by atoms with Crippen LogP contribution in [0.25, 0.3) is 0 Å². The molecule has 2 aromatic rings. The SMILES string of the molecule is Cn1ncc(Br)c1C(=O)CCc1ccco1. The fourth-order valence-corrected chi connectivity index (χ4v) is 2.10. The van der Waals surface area contributed by atoms with Crippen LogP contribution in [0.2, 0.25) is 0 Å². The van der Waals surface area contributed by atoms with Crippen molar-refractivity contribution in [1.82, 2.24) is 9.78 Å². The Morgan fingerprint density at radius 1 is 1.62 bits per heavy atom. The van der Waals surface area contributed by atoms with Gasteiger partial charge in [0.1, 0.15) is 11.5 Å². The quantitative estimate of drug-likeness (QED) is 0.810. The molecule has 0 bridgehead atoms. The highest BCUT2D eigenvalue weighted by molar-refractivity contribution is 9.10. The van der Waals surface area contributed by atoms with Crippen molar-refractivity contribution < 1.29 is 9.21 Å². The first-order chi connectivity index (χ1) is 7.68. The summed E-state index contributed by atoms with van der Waals surface area (Å²) >= 11 is 3.31. The van der Waals surface area contributed by atoms with Crippen LogP contribution in [0.5, 0.6) is 0 Å². The average Bonchev–Trinajstić information content (AvgIpc) is 2.86. The lowest BCUT2D eigenvalue weighted by molar-refractivity contribution is 0.0971. The molecule has 0 N–H and O–H groups in total. The van der Waals surface area contributed by atoms with E-state index in [9.17, 15) is 4.79 Å². The molecule has 84 valence electrons. The first-order valence-corrected chi connectivity index (χ1v) is 5.71. The van der Waals surface area contributed by atoms with Crippen LogP contribution in [0.3, 0.4) is 0 Å². The van der Waals surface area contributed by atoms with Crippen molar-refractivity contribution >= 4 is 21.7 Å². The maximum Gasteiger partial charge on any atom is 0.182 e. The highest BCUT2D eigenvalue weighted by Gasteiger charge is 2.15. The molecule has 0 atom stereocenters. The third-order valence-electron chi connectivity index (χ3n) is 2.34. The van der Waals surface area contributed by atoms with E-state index in [1.54, 1.807) is 24.2 Å². The summed E-state index contributed by atoms with van der Waals surface area (Å²) in [6.45, 7) is 0. The summed E-state index contributed by atoms with van der Waals surface area (Å²) in [7, 11) is 1.75. The molecule has 2 aromatic heterocycles. The van der Waals surface area contributed by atoms with Gasteiger partial charge in [0.15, 0.2) is 5.78 Å². The Morgan fingerprint density at radius 2 is 2.44 bits per heavy atom. The maximum atomic E-state index is 11.9. The van der Waals surface area contributed by atoms with E-state index in [2.05, 4.69) is 21.0 Å². The fraction of sp³-hybridized carbons (Fsp3) is 0.273. The van der Waals surface area contributed by atoms with Gasteiger partial charge < -0.3 is 4.42 Å². The van der Waals surface area contributed by atoms with Crippen LogP contribution < -0.4 is 0 Å². The minimum atomic E-state index is 0.0586. The number of nitrogens with zero attached hydrogens (tertiary/aromatic N) is 2. The van der Waals surface area contributed by atoms with Gasteiger partial charge in [-0.2, -0.15) is 5.10 Å². The summed E-state index contributed by atoms with van der Waals surface area (Å²) in [5.41, 5.74) is 0.603. The van der Waals surface area contributed by atoms with Crippen molar-refractivity contribution in [2.24, 2.45) is 7.05 Å². The minimum absolute atomic E-state index is 0.0586. The number of Topliss-reactive ketones (excluding diaryl/α,β-unsaturated/α-hetero) is 1. The second-order valence-electron chi connectivity index (χ2n) is 3.47. The van der Waals surface area contributed by atoms with E-state index in [4.69, 9.17) is 4.42 Å². The van der Waals surface area contributed by atoms with Crippen LogP contribution in [0.15, 0.2) is 33.5 Å². The number of halogens is 1. The number of rotatable bonds is 4. The minimum Gasteiger partial charge on any atom is -0.469 e. The Labute approximate surface area is 101 Å². The summed E-state index contributed by atoms with van der Waals surface area (Å²) < 4.78 is 7.49. The van der Waals surface area contributed by atoms with Crippen molar-refractivity contribution in [3.8, 4) is 0 Å². The van der Waals surface area contributed by atoms with Gasteiger partial charge in [0.05, 0.1) is 16.9 Å². The Kier molecular flexibility index (Phi) is 3.24. The molecule has 0 saturated carbocycles. The molecule has 0 aliphatic carbocycles.